The van der Waals surface area contributed by atoms with Gasteiger partial charge in [0.1, 0.15) is 6.04 Å². The second-order valence-electron chi connectivity index (χ2n) is 4.92. The Morgan fingerprint density at radius 2 is 1.96 bits per heavy atom. The van der Waals surface area contributed by atoms with Crippen molar-refractivity contribution in [3.63, 3.8) is 0 Å². The van der Waals surface area contributed by atoms with E-state index in [1.807, 2.05) is 6.92 Å². The van der Waals surface area contributed by atoms with E-state index in [-0.39, 0.29) is 23.0 Å². The molecule has 8 heteroatoms. The highest BCUT2D eigenvalue weighted by Crippen LogP contribution is 2.29. The number of rotatable bonds is 8. The highest BCUT2D eigenvalue weighted by molar-refractivity contribution is 5.97. The summed E-state index contributed by atoms with van der Waals surface area (Å²) in [5.41, 5.74) is 0.0815. The van der Waals surface area contributed by atoms with E-state index < -0.39 is 24.5 Å². The first kappa shape index (κ1) is 18.7. The summed E-state index contributed by atoms with van der Waals surface area (Å²) in [6.07, 6.45) is 0.571. The van der Waals surface area contributed by atoms with Crippen molar-refractivity contribution >= 4 is 11.9 Å². The number of aliphatic carboxylic acids is 1. The Morgan fingerprint density at radius 3 is 2.43 bits per heavy atom. The lowest BCUT2D eigenvalue weighted by atomic mass is 9.99. The molecule has 2 N–H and O–H groups in total. The number of hydrogen-bond donors (Lipinski definition) is 2. The monoisotopic (exact) mass is 331 g/mol. The van der Waals surface area contributed by atoms with Crippen LogP contribution in [-0.2, 0) is 4.79 Å². The second-order valence-corrected chi connectivity index (χ2v) is 4.92. The SMILES string of the molecule is CCC(C)C(NC(=O)c1ccc(OC(F)F)c(OC)c1)C(=O)O. The van der Waals surface area contributed by atoms with Gasteiger partial charge in [-0.15, -0.1) is 0 Å². The Bertz CT molecular complexity index is 565. The molecule has 1 aromatic rings. The molecule has 0 aromatic heterocycles. The van der Waals surface area contributed by atoms with Gasteiger partial charge in [0.05, 0.1) is 7.11 Å². The van der Waals surface area contributed by atoms with Crippen LogP contribution in [0, 0.1) is 5.92 Å². The summed E-state index contributed by atoms with van der Waals surface area (Å²) in [5, 5.41) is 11.6. The van der Waals surface area contributed by atoms with E-state index in [1.54, 1.807) is 6.92 Å². The molecule has 0 spiro atoms. The molecule has 6 nitrogen and oxygen atoms in total. The molecule has 0 fully saturated rings. The van der Waals surface area contributed by atoms with E-state index in [1.165, 1.54) is 25.3 Å². The largest absolute Gasteiger partial charge is 0.493 e. The van der Waals surface area contributed by atoms with Gasteiger partial charge < -0.3 is 19.9 Å². The van der Waals surface area contributed by atoms with Gasteiger partial charge in [-0.1, -0.05) is 20.3 Å². The van der Waals surface area contributed by atoms with Crippen LogP contribution in [0.25, 0.3) is 0 Å². The first-order valence-corrected chi connectivity index (χ1v) is 6.96. The molecule has 0 aliphatic heterocycles. The fourth-order valence-electron chi connectivity index (χ4n) is 1.91. The lowest BCUT2D eigenvalue weighted by Gasteiger charge is -2.20. The highest BCUT2D eigenvalue weighted by Gasteiger charge is 2.26. The van der Waals surface area contributed by atoms with E-state index in [9.17, 15) is 23.5 Å². The van der Waals surface area contributed by atoms with Crippen molar-refractivity contribution in [1.29, 1.82) is 0 Å². The average molecular weight is 331 g/mol. The van der Waals surface area contributed by atoms with E-state index >= 15 is 0 Å². The number of methoxy groups -OCH3 is 1. The third-order valence-electron chi connectivity index (χ3n) is 3.41. The van der Waals surface area contributed by atoms with Crippen molar-refractivity contribution in [1.82, 2.24) is 5.32 Å². The zero-order chi connectivity index (χ0) is 17.6. The van der Waals surface area contributed by atoms with Crippen molar-refractivity contribution in [2.45, 2.75) is 32.9 Å². The number of benzene rings is 1. The Kier molecular flexibility index (Phi) is 6.74. The number of carboxylic acid groups (broad SMARTS) is 1. The predicted molar refractivity (Wildman–Crippen MR) is 78.0 cm³/mol. The smallest absolute Gasteiger partial charge is 0.387 e. The van der Waals surface area contributed by atoms with E-state index in [0.29, 0.717) is 6.42 Å². The van der Waals surface area contributed by atoms with Crippen molar-refractivity contribution in [2.75, 3.05) is 7.11 Å². The number of carboxylic acids is 1. The standard InChI is InChI=1S/C15H19F2NO5/c1-4-8(2)12(14(20)21)18-13(19)9-5-6-10(23-15(16)17)11(7-9)22-3/h5-8,12,15H,4H2,1-3H3,(H,18,19)(H,20,21). The fraction of sp³-hybridized carbons (Fsp3) is 0.467. The molecule has 0 bridgehead atoms. The van der Waals surface area contributed by atoms with Gasteiger partial charge in [-0.3, -0.25) is 4.79 Å². The summed E-state index contributed by atoms with van der Waals surface area (Å²) >= 11 is 0. The summed E-state index contributed by atoms with van der Waals surface area (Å²) in [4.78, 5) is 23.4. The Balaban J connectivity index is 2.97. The summed E-state index contributed by atoms with van der Waals surface area (Å²) in [7, 11) is 1.24. The summed E-state index contributed by atoms with van der Waals surface area (Å²) in [6, 6.07) is 2.59. The zero-order valence-corrected chi connectivity index (χ0v) is 13.0. The lowest BCUT2D eigenvalue weighted by molar-refractivity contribution is -0.140. The van der Waals surface area contributed by atoms with Crippen LogP contribution in [0.5, 0.6) is 11.5 Å². The van der Waals surface area contributed by atoms with Gasteiger partial charge in [-0.05, 0) is 24.1 Å². The molecule has 0 aliphatic rings. The maximum atomic E-state index is 12.3. The van der Waals surface area contributed by atoms with Crippen LogP contribution in [0.2, 0.25) is 0 Å². The zero-order valence-electron chi connectivity index (χ0n) is 13.0. The van der Waals surface area contributed by atoms with Crippen LogP contribution in [0.3, 0.4) is 0 Å². The molecule has 0 saturated carbocycles. The number of amides is 1. The van der Waals surface area contributed by atoms with Crippen molar-refractivity contribution in [2.24, 2.45) is 5.92 Å². The molecule has 1 rings (SSSR count). The normalized spacial score (nSPS) is 13.3. The van der Waals surface area contributed by atoms with E-state index in [2.05, 4.69) is 10.1 Å². The molecule has 128 valence electrons. The maximum Gasteiger partial charge on any atom is 0.387 e. The number of carbonyl (C=O) groups is 2. The highest BCUT2D eigenvalue weighted by atomic mass is 19.3. The molecule has 2 unspecified atom stereocenters. The van der Waals surface area contributed by atoms with Gasteiger partial charge in [0.25, 0.3) is 5.91 Å². The van der Waals surface area contributed by atoms with Crippen LogP contribution < -0.4 is 14.8 Å². The number of carbonyl (C=O) groups excluding carboxylic acids is 1. The van der Waals surface area contributed by atoms with Crippen molar-refractivity contribution < 1.29 is 33.0 Å². The van der Waals surface area contributed by atoms with Gasteiger partial charge in [-0.2, -0.15) is 8.78 Å². The van der Waals surface area contributed by atoms with Crippen LogP contribution in [0.15, 0.2) is 18.2 Å². The average Bonchev–Trinajstić information content (AvgIpc) is 2.51. The summed E-state index contributed by atoms with van der Waals surface area (Å²) in [6.45, 7) is 0.497. The van der Waals surface area contributed by atoms with Crippen LogP contribution >= 0.6 is 0 Å². The number of alkyl halides is 2. The van der Waals surface area contributed by atoms with Crippen LogP contribution in [0.1, 0.15) is 30.6 Å². The Hall–Kier alpha value is -2.38. The van der Waals surface area contributed by atoms with Crippen LogP contribution in [0.4, 0.5) is 8.78 Å². The first-order chi connectivity index (χ1) is 10.8. The number of halogens is 2. The maximum absolute atomic E-state index is 12.3. The molecular formula is C15H19F2NO5. The van der Waals surface area contributed by atoms with E-state index in [4.69, 9.17) is 4.74 Å². The third-order valence-corrected chi connectivity index (χ3v) is 3.41. The molecule has 1 aromatic carbocycles. The molecule has 0 aliphatic carbocycles. The van der Waals surface area contributed by atoms with Crippen molar-refractivity contribution in [3.8, 4) is 11.5 Å². The first-order valence-electron chi connectivity index (χ1n) is 6.96. The Labute approximate surface area is 132 Å². The topological polar surface area (TPSA) is 84.9 Å². The number of ether oxygens (including phenoxy) is 2. The minimum absolute atomic E-state index is 0.0478. The minimum atomic E-state index is -3.02. The molecule has 1 amide bonds. The van der Waals surface area contributed by atoms with Gasteiger partial charge in [-0.25, -0.2) is 4.79 Å². The summed E-state index contributed by atoms with van der Waals surface area (Å²) in [5.74, 6) is -2.30. The molecule has 0 radical (unpaired) electrons. The van der Waals surface area contributed by atoms with Gasteiger partial charge in [0, 0.05) is 5.56 Å². The molecule has 0 heterocycles. The van der Waals surface area contributed by atoms with Crippen molar-refractivity contribution in [3.05, 3.63) is 23.8 Å². The molecule has 23 heavy (non-hydrogen) atoms. The summed E-state index contributed by atoms with van der Waals surface area (Å²) < 4.78 is 33.7. The fourth-order valence-corrected chi connectivity index (χ4v) is 1.91. The van der Waals surface area contributed by atoms with Gasteiger partial charge >= 0.3 is 12.6 Å². The van der Waals surface area contributed by atoms with E-state index in [0.717, 1.165) is 0 Å². The number of nitrogens with one attached hydrogen (secondary N) is 1. The minimum Gasteiger partial charge on any atom is -0.493 e. The van der Waals surface area contributed by atoms with Crippen LogP contribution in [-0.4, -0.2) is 36.7 Å². The van der Waals surface area contributed by atoms with Gasteiger partial charge in [0.15, 0.2) is 11.5 Å². The number of hydrogen-bond acceptors (Lipinski definition) is 4. The third kappa shape index (κ3) is 5.08. The quantitative estimate of drug-likeness (QED) is 0.764. The lowest BCUT2D eigenvalue weighted by Crippen LogP contribution is -2.45. The Morgan fingerprint density at radius 1 is 1.30 bits per heavy atom. The molecule has 0 saturated heterocycles. The molecule has 2 atom stereocenters. The second kappa shape index (κ2) is 8.30. The van der Waals surface area contributed by atoms with Gasteiger partial charge in [0.2, 0.25) is 0 Å². The predicted octanol–water partition coefficient (Wildman–Crippen LogP) is 2.53. The molecular weight excluding hydrogens is 312 g/mol.